The lowest BCUT2D eigenvalue weighted by Crippen LogP contribution is -2.29. The third-order valence-corrected chi connectivity index (χ3v) is 5.62. The maximum Gasteiger partial charge on any atom is 0.271 e. The fourth-order valence-corrected chi connectivity index (χ4v) is 4.06. The Morgan fingerprint density at radius 2 is 1.90 bits per heavy atom. The van der Waals surface area contributed by atoms with Gasteiger partial charge in [0.1, 0.15) is 10.5 Å². The number of fused-ring (bicyclic) bond motifs is 1. The van der Waals surface area contributed by atoms with Crippen molar-refractivity contribution in [1.29, 1.82) is 0 Å². The first-order chi connectivity index (χ1) is 14.1. The molecule has 5 nitrogen and oxygen atoms in total. The molecule has 0 aliphatic carbocycles. The second-order valence-electron chi connectivity index (χ2n) is 6.69. The average molecular weight is 410 g/mol. The normalized spacial score (nSPS) is 12.3. The Bertz CT molecular complexity index is 1160. The van der Waals surface area contributed by atoms with Gasteiger partial charge in [0.2, 0.25) is 0 Å². The Morgan fingerprint density at radius 3 is 2.66 bits per heavy atom. The summed E-state index contributed by atoms with van der Waals surface area (Å²) in [4.78, 5) is 18.0. The molecule has 0 saturated heterocycles. The summed E-state index contributed by atoms with van der Waals surface area (Å²) in [6.45, 7) is 0.612. The van der Waals surface area contributed by atoms with Crippen LogP contribution in [0.25, 0.3) is 20.7 Å². The minimum atomic E-state index is -0.827. The van der Waals surface area contributed by atoms with Gasteiger partial charge in [0, 0.05) is 4.88 Å². The van der Waals surface area contributed by atoms with Gasteiger partial charge in [-0.15, -0.1) is 11.3 Å². The molecule has 0 aliphatic rings. The average Bonchev–Trinajstić information content (AvgIpc) is 3.17. The summed E-state index contributed by atoms with van der Waals surface area (Å²) < 4.78 is 20.6. The van der Waals surface area contributed by atoms with Crippen LogP contribution in [0, 0.1) is 5.82 Å². The summed E-state index contributed by atoms with van der Waals surface area (Å²) in [5.74, 6) is -0.307. The predicted molar refractivity (Wildman–Crippen MR) is 111 cm³/mol. The van der Waals surface area contributed by atoms with Gasteiger partial charge < -0.3 is 9.84 Å². The second kappa shape index (κ2) is 8.65. The first kappa shape index (κ1) is 19.4. The van der Waals surface area contributed by atoms with Gasteiger partial charge in [-0.2, -0.15) is 0 Å². The van der Waals surface area contributed by atoms with Gasteiger partial charge in [-0.05, 0) is 29.3 Å². The molecule has 0 saturated carbocycles. The van der Waals surface area contributed by atoms with E-state index in [1.165, 1.54) is 34.4 Å². The van der Waals surface area contributed by atoms with Crippen molar-refractivity contribution < 1.29 is 14.2 Å². The van der Waals surface area contributed by atoms with Crippen molar-refractivity contribution >= 4 is 21.6 Å². The molecule has 29 heavy (non-hydrogen) atoms. The first-order valence-corrected chi connectivity index (χ1v) is 9.96. The number of hydrogen-bond acceptors (Lipinski definition) is 5. The monoisotopic (exact) mass is 410 g/mol. The minimum Gasteiger partial charge on any atom is -0.389 e. The van der Waals surface area contributed by atoms with E-state index in [9.17, 15) is 14.3 Å². The molecule has 2 aromatic heterocycles. The van der Waals surface area contributed by atoms with Crippen molar-refractivity contribution in [3.05, 3.63) is 88.7 Å². The van der Waals surface area contributed by atoms with E-state index < -0.39 is 6.10 Å². The molecular formula is C22H19FN2O3S. The van der Waals surface area contributed by atoms with Crippen molar-refractivity contribution in [3.8, 4) is 10.4 Å². The van der Waals surface area contributed by atoms with Crippen LogP contribution in [0.1, 0.15) is 5.56 Å². The van der Waals surface area contributed by atoms with Crippen LogP contribution in [0.15, 0.2) is 71.8 Å². The van der Waals surface area contributed by atoms with Crippen LogP contribution in [-0.2, 0) is 17.9 Å². The smallest absolute Gasteiger partial charge is 0.271 e. The van der Waals surface area contributed by atoms with Gasteiger partial charge in [0.25, 0.3) is 5.56 Å². The van der Waals surface area contributed by atoms with E-state index in [0.717, 1.165) is 16.0 Å². The molecule has 2 aromatic carbocycles. The number of aliphatic hydroxyl groups is 1. The van der Waals surface area contributed by atoms with E-state index in [0.29, 0.717) is 16.8 Å². The fraction of sp³-hybridized carbons (Fsp3) is 0.182. The molecule has 4 aromatic rings. The summed E-state index contributed by atoms with van der Waals surface area (Å²) >= 11 is 1.31. The molecule has 1 atom stereocenters. The molecule has 1 N–H and O–H groups in total. The van der Waals surface area contributed by atoms with Gasteiger partial charge in [0.05, 0.1) is 37.7 Å². The number of ether oxygens (including phenoxy) is 1. The number of aromatic nitrogens is 2. The number of hydrogen-bond donors (Lipinski definition) is 1. The quantitative estimate of drug-likeness (QED) is 0.503. The van der Waals surface area contributed by atoms with Crippen LogP contribution in [0.5, 0.6) is 0 Å². The van der Waals surface area contributed by atoms with Crippen molar-refractivity contribution in [2.75, 3.05) is 6.61 Å². The van der Waals surface area contributed by atoms with Gasteiger partial charge in [-0.3, -0.25) is 9.36 Å². The molecular weight excluding hydrogens is 391 g/mol. The zero-order chi connectivity index (χ0) is 20.2. The topological polar surface area (TPSA) is 64.4 Å². The highest BCUT2D eigenvalue weighted by Gasteiger charge is 2.13. The van der Waals surface area contributed by atoms with Gasteiger partial charge in [-0.25, -0.2) is 9.37 Å². The predicted octanol–water partition coefficient (Wildman–Crippen LogP) is 3.84. The molecule has 0 bridgehead atoms. The minimum absolute atomic E-state index is 0.0976. The Morgan fingerprint density at radius 1 is 1.14 bits per heavy atom. The lowest BCUT2D eigenvalue weighted by molar-refractivity contribution is 0.0198. The van der Waals surface area contributed by atoms with Crippen LogP contribution in [0.2, 0.25) is 0 Å². The highest BCUT2D eigenvalue weighted by atomic mass is 32.1. The Labute approximate surface area is 170 Å². The molecule has 0 unspecified atom stereocenters. The highest BCUT2D eigenvalue weighted by molar-refractivity contribution is 7.22. The Kier molecular flexibility index (Phi) is 5.80. The van der Waals surface area contributed by atoms with Crippen LogP contribution in [-0.4, -0.2) is 27.4 Å². The largest absolute Gasteiger partial charge is 0.389 e. The second-order valence-corrected chi connectivity index (χ2v) is 7.74. The third kappa shape index (κ3) is 4.59. The Hall–Kier alpha value is -2.87. The van der Waals surface area contributed by atoms with Gasteiger partial charge in [-0.1, -0.05) is 42.5 Å². The summed E-state index contributed by atoms with van der Waals surface area (Å²) in [6.07, 6.45) is 0.610. The maximum absolute atomic E-state index is 13.1. The zero-order valence-corrected chi connectivity index (χ0v) is 16.3. The summed E-state index contributed by atoms with van der Waals surface area (Å²) in [6, 6.07) is 17.6. The standard InChI is InChI=1S/C22H19FN2O3S/c23-17-8-6-16(7-9-17)20-10-19-21(29-20)22(27)25(14-24-19)11-18(26)13-28-12-15-4-2-1-3-5-15/h1-10,14,18,26H,11-13H2/t18-/m0/s1. The first-order valence-electron chi connectivity index (χ1n) is 9.15. The molecule has 0 aliphatic heterocycles. The number of halogens is 1. The highest BCUT2D eigenvalue weighted by Crippen LogP contribution is 2.30. The number of benzene rings is 2. The van der Waals surface area contributed by atoms with E-state index in [4.69, 9.17) is 4.74 Å². The van der Waals surface area contributed by atoms with E-state index in [2.05, 4.69) is 4.98 Å². The lowest BCUT2D eigenvalue weighted by atomic mass is 10.2. The van der Waals surface area contributed by atoms with Crippen LogP contribution < -0.4 is 5.56 Å². The summed E-state index contributed by atoms with van der Waals surface area (Å²) in [5.41, 5.74) is 2.22. The fourth-order valence-electron chi connectivity index (χ4n) is 3.00. The van der Waals surface area contributed by atoms with E-state index in [-0.39, 0.29) is 24.5 Å². The number of thiophene rings is 1. The molecule has 148 valence electrons. The van der Waals surface area contributed by atoms with Crippen molar-refractivity contribution in [3.63, 3.8) is 0 Å². The van der Waals surface area contributed by atoms with Crippen LogP contribution in [0.4, 0.5) is 4.39 Å². The van der Waals surface area contributed by atoms with Crippen LogP contribution >= 0.6 is 11.3 Å². The lowest BCUT2D eigenvalue weighted by Gasteiger charge is -2.13. The molecule has 2 heterocycles. The number of rotatable bonds is 7. The van der Waals surface area contributed by atoms with E-state index in [1.54, 1.807) is 12.1 Å². The molecule has 0 spiro atoms. The van der Waals surface area contributed by atoms with Gasteiger partial charge in [0.15, 0.2) is 0 Å². The van der Waals surface area contributed by atoms with Crippen LogP contribution in [0.3, 0.4) is 0 Å². The number of nitrogens with zero attached hydrogens (tertiary/aromatic N) is 2. The Balaban J connectivity index is 1.45. The zero-order valence-electron chi connectivity index (χ0n) is 15.5. The van der Waals surface area contributed by atoms with E-state index in [1.807, 2.05) is 36.4 Å². The maximum atomic E-state index is 13.1. The number of aliphatic hydroxyl groups excluding tert-OH is 1. The summed E-state index contributed by atoms with van der Waals surface area (Å²) in [5, 5.41) is 10.2. The van der Waals surface area contributed by atoms with Gasteiger partial charge >= 0.3 is 0 Å². The molecule has 0 amide bonds. The van der Waals surface area contributed by atoms with E-state index >= 15 is 0 Å². The molecule has 0 fully saturated rings. The van der Waals surface area contributed by atoms with Crippen molar-refractivity contribution in [1.82, 2.24) is 9.55 Å². The third-order valence-electron chi connectivity index (χ3n) is 4.46. The molecule has 0 radical (unpaired) electrons. The molecule has 4 rings (SSSR count). The summed E-state index contributed by atoms with van der Waals surface area (Å²) in [7, 11) is 0. The molecule has 7 heteroatoms. The SMILES string of the molecule is O=c1c2sc(-c3ccc(F)cc3)cc2ncn1C[C@H](O)COCc1ccccc1. The van der Waals surface area contributed by atoms with Crippen molar-refractivity contribution in [2.45, 2.75) is 19.3 Å². The van der Waals surface area contributed by atoms with Crippen molar-refractivity contribution in [2.24, 2.45) is 0 Å².